The second kappa shape index (κ2) is 7.57. The van der Waals surface area contributed by atoms with E-state index in [0.29, 0.717) is 18.1 Å². The second-order valence-electron chi connectivity index (χ2n) is 6.12. The first-order chi connectivity index (χ1) is 11.7. The summed E-state index contributed by atoms with van der Waals surface area (Å²) in [6, 6.07) is 8.68. The number of likely N-dealkylation sites (N-methyl/N-ethyl adjacent to an activating group) is 1. The Labute approximate surface area is 141 Å². The van der Waals surface area contributed by atoms with E-state index in [1.54, 1.807) is 4.90 Å². The molecule has 1 heterocycles. The molecule has 0 bridgehead atoms. The Morgan fingerprint density at radius 3 is 2.92 bits per heavy atom. The summed E-state index contributed by atoms with van der Waals surface area (Å²) in [5, 5.41) is 3.80. The van der Waals surface area contributed by atoms with Gasteiger partial charge in [0.15, 0.2) is 5.82 Å². The third-order valence-electron chi connectivity index (χ3n) is 4.54. The van der Waals surface area contributed by atoms with Crippen molar-refractivity contribution < 1.29 is 14.1 Å². The van der Waals surface area contributed by atoms with E-state index in [9.17, 15) is 4.79 Å². The Morgan fingerprint density at radius 1 is 1.38 bits per heavy atom. The summed E-state index contributed by atoms with van der Waals surface area (Å²) in [6.45, 7) is 2.15. The summed E-state index contributed by atoms with van der Waals surface area (Å²) in [6.07, 6.45) is 3.63. The average Bonchev–Trinajstić information content (AvgIpc) is 3.08. The van der Waals surface area contributed by atoms with Crippen LogP contribution in [0.4, 0.5) is 0 Å². The first-order valence-electron chi connectivity index (χ1n) is 8.39. The number of rotatable bonds is 6. The third-order valence-corrected chi connectivity index (χ3v) is 4.54. The molecule has 0 N–H and O–H groups in total. The SMILES string of the molecule is CCc1noc(COCC(=O)N(C)C2CCc3ccccc3C2)n1. The number of aryl methyl sites for hydroxylation is 2. The second-order valence-corrected chi connectivity index (χ2v) is 6.12. The molecular weight excluding hydrogens is 306 g/mol. The quantitative estimate of drug-likeness (QED) is 0.812. The van der Waals surface area contributed by atoms with Gasteiger partial charge in [0, 0.05) is 19.5 Å². The number of carbonyl (C=O) groups excluding carboxylic acids is 1. The minimum Gasteiger partial charge on any atom is -0.362 e. The monoisotopic (exact) mass is 329 g/mol. The highest BCUT2D eigenvalue weighted by molar-refractivity contribution is 5.77. The number of nitrogens with zero attached hydrogens (tertiary/aromatic N) is 3. The Kier molecular flexibility index (Phi) is 5.25. The van der Waals surface area contributed by atoms with Gasteiger partial charge in [0.05, 0.1) is 0 Å². The number of benzene rings is 1. The van der Waals surface area contributed by atoms with Crippen molar-refractivity contribution in [2.45, 2.75) is 45.3 Å². The van der Waals surface area contributed by atoms with E-state index >= 15 is 0 Å². The molecule has 0 spiro atoms. The van der Waals surface area contributed by atoms with Crippen LogP contribution in [0.5, 0.6) is 0 Å². The van der Waals surface area contributed by atoms with Crippen molar-refractivity contribution in [2.75, 3.05) is 13.7 Å². The fourth-order valence-corrected chi connectivity index (χ4v) is 3.03. The van der Waals surface area contributed by atoms with Gasteiger partial charge in [-0.05, 0) is 30.4 Å². The van der Waals surface area contributed by atoms with Crippen LogP contribution < -0.4 is 0 Å². The molecular formula is C18H23N3O3. The van der Waals surface area contributed by atoms with Crippen LogP contribution in [0.1, 0.15) is 36.2 Å². The van der Waals surface area contributed by atoms with E-state index in [4.69, 9.17) is 9.26 Å². The summed E-state index contributed by atoms with van der Waals surface area (Å²) >= 11 is 0. The van der Waals surface area contributed by atoms with Gasteiger partial charge in [-0.25, -0.2) is 0 Å². The highest BCUT2D eigenvalue weighted by Gasteiger charge is 2.24. The lowest BCUT2D eigenvalue weighted by molar-refractivity contribution is -0.137. The number of ether oxygens (including phenoxy) is 1. The van der Waals surface area contributed by atoms with Gasteiger partial charge in [-0.3, -0.25) is 4.79 Å². The van der Waals surface area contributed by atoms with E-state index in [1.165, 1.54) is 11.1 Å². The van der Waals surface area contributed by atoms with Crippen LogP contribution in [0.3, 0.4) is 0 Å². The van der Waals surface area contributed by atoms with E-state index < -0.39 is 0 Å². The lowest BCUT2D eigenvalue weighted by Crippen LogP contribution is -2.42. The molecule has 0 saturated carbocycles. The van der Waals surface area contributed by atoms with Crippen molar-refractivity contribution in [1.29, 1.82) is 0 Å². The summed E-state index contributed by atoms with van der Waals surface area (Å²) in [4.78, 5) is 18.3. The molecule has 6 heteroatoms. The molecule has 0 saturated heterocycles. The lowest BCUT2D eigenvalue weighted by Gasteiger charge is -2.32. The highest BCUT2D eigenvalue weighted by atomic mass is 16.5. The van der Waals surface area contributed by atoms with Gasteiger partial charge in [0.25, 0.3) is 5.89 Å². The van der Waals surface area contributed by atoms with Crippen LogP contribution in [-0.4, -0.2) is 40.6 Å². The normalized spacial score (nSPS) is 16.7. The first kappa shape index (κ1) is 16.6. The molecule has 0 fully saturated rings. The number of hydrogen-bond donors (Lipinski definition) is 0. The molecule has 3 rings (SSSR count). The minimum atomic E-state index is -0.0189. The third kappa shape index (κ3) is 3.82. The average molecular weight is 329 g/mol. The van der Waals surface area contributed by atoms with Crippen molar-refractivity contribution >= 4 is 5.91 Å². The summed E-state index contributed by atoms with van der Waals surface area (Å²) in [7, 11) is 1.85. The van der Waals surface area contributed by atoms with Crippen molar-refractivity contribution in [3.8, 4) is 0 Å². The molecule has 0 aliphatic heterocycles. The molecule has 1 unspecified atom stereocenters. The number of fused-ring (bicyclic) bond motifs is 1. The van der Waals surface area contributed by atoms with Gasteiger partial charge in [-0.1, -0.05) is 36.3 Å². The zero-order valence-electron chi connectivity index (χ0n) is 14.2. The van der Waals surface area contributed by atoms with E-state index in [0.717, 1.165) is 19.3 Å². The Bertz CT molecular complexity index is 698. The number of aromatic nitrogens is 2. The van der Waals surface area contributed by atoms with Crippen LogP contribution in [0.15, 0.2) is 28.8 Å². The Hall–Kier alpha value is -2.21. The van der Waals surface area contributed by atoms with Gasteiger partial charge in [-0.2, -0.15) is 4.98 Å². The van der Waals surface area contributed by atoms with Gasteiger partial charge in [0.1, 0.15) is 13.2 Å². The van der Waals surface area contributed by atoms with Crippen molar-refractivity contribution in [1.82, 2.24) is 15.0 Å². The van der Waals surface area contributed by atoms with Gasteiger partial charge in [-0.15, -0.1) is 0 Å². The van der Waals surface area contributed by atoms with Crippen LogP contribution in [0.25, 0.3) is 0 Å². The number of amides is 1. The summed E-state index contributed by atoms with van der Waals surface area (Å²) in [5.74, 6) is 1.04. The molecule has 1 aliphatic carbocycles. The molecule has 24 heavy (non-hydrogen) atoms. The van der Waals surface area contributed by atoms with Crippen LogP contribution in [-0.2, 0) is 35.4 Å². The predicted octanol–water partition coefficient (Wildman–Crippen LogP) is 2.16. The molecule has 0 radical (unpaired) electrons. The van der Waals surface area contributed by atoms with E-state index in [1.807, 2.05) is 14.0 Å². The van der Waals surface area contributed by atoms with Crippen molar-refractivity contribution in [2.24, 2.45) is 0 Å². The maximum Gasteiger partial charge on any atom is 0.252 e. The van der Waals surface area contributed by atoms with E-state index in [-0.39, 0.29) is 25.2 Å². The van der Waals surface area contributed by atoms with Crippen molar-refractivity contribution in [3.05, 3.63) is 47.1 Å². The van der Waals surface area contributed by atoms with Crippen LogP contribution in [0, 0.1) is 0 Å². The smallest absolute Gasteiger partial charge is 0.252 e. The fraction of sp³-hybridized carbons (Fsp3) is 0.500. The lowest BCUT2D eigenvalue weighted by atomic mass is 9.87. The van der Waals surface area contributed by atoms with Crippen LogP contribution >= 0.6 is 0 Å². The maximum atomic E-state index is 12.3. The molecule has 1 aliphatic rings. The van der Waals surface area contributed by atoms with Crippen LogP contribution in [0.2, 0.25) is 0 Å². The molecule has 1 aromatic carbocycles. The topological polar surface area (TPSA) is 68.5 Å². The summed E-state index contributed by atoms with van der Waals surface area (Å²) < 4.78 is 10.5. The standard InChI is InChI=1S/C18H23N3O3/c1-3-16-19-17(24-20-16)11-23-12-18(22)21(2)15-9-8-13-6-4-5-7-14(13)10-15/h4-7,15H,3,8-12H2,1-2H3. The minimum absolute atomic E-state index is 0.0189. The van der Waals surface area contributed by atoms with Gasteiger partial charge in [0.2, 0.25) is 5.91 Å². The Morgan fingerprint density at radius 2 is 2.17 bits per heavy atom. The number of hydrogen-bond acceptors (Lipinski definition) is 5. The zero-order chi connectivity index (χ0) is 16.9. The molecule has 1 amide bonds. The van der Waals surface area contributed by atoms with Gasteiger partial charge >= 0.3 is 0 Å². The van der Waals surface area contributed by atoms with Gasteiger partial charge < -0.3 is 14.2 Å². The molecule has 1 atom stereocenters. The molecule has 2 aromatic rings. The first-order valence-corrected chi connectivity index (χ1v) is 8.39. The van der Waals surface area contributed by atoms with E-state index in [2.05, 4.69) is 34.4 Å². The Balaban J connectivity index is 1.48. The predicted molar refractivity (Wildman–Crippen MR) is 88.4 cm³/mol. The maximum absolute atomic E-state index is 12.3. The van der Waals surface area contributed by atoms with Crippen molar-refractivity contribution in [3.63, 3.8) is 0 Å². The summed E-state index contributed by atoms with van der Waals surface area (Å²) in [5.41, 5.74) is 2.74. The number of carbonyl (C=O) groups is 1. The highest BCUT2D eigenvalue weighted by Crippen LogP contribution is 2.23. The largest absolute Gasteiger partial charge is 0.362 e. The zero-order valence-corrected chi connectivity index (χ0v) is 14.2. The molecule has 128 valence electrons. The fourth-order valence-electron chi connectivity index (χ4n) is 3.03. The molecule has 1 aromatic heterocycles. The molecule has 6 nitrogen and oxygen atoms in total.